The van der Waals surface area contributed by atoms with E-state index in [9.17, 15) is 9.59 Å². The Morgan fingerprint density at radius 1 is 1.04 bits per heavy atom. The molecule has 0 atom stereocenters. The third-order valence-corrected chi connectivity index (χ3v) is 3.40. The van der Waals surface area contributed by atoms with Gasteiger partial charge in [0.25, 0.3) is 0 Å². The van der Waals surface area contributed by atoms with Crippen molar-refractivity contribution in [2.24, 2.45) is 5.10 Å². The van der Waals surface area contributed by atoms with Gasteiger partial charge in [0.15, 0.2) is 0 Å². The molecule has 2 rings (SSSR count). The number of amides is 2. The van der Waals surface area contributed by atoms with E-state index in [4.69, 9.17) is 23.2 Å². The maximum absolute atomic E-state index is 11.6. The topological polar surface area (TPSA) is 70.6 Å². The van der Waals surface area contributed by atoms with Crippen LogP contribution in [0.2, 0.25) is 10.0 Å². The van der Waals surface area contributed by atoms with Crippen LogP contribution in [0.25, 0.3) is 0 Å². The van der Waals surface area contributed by atoms with Crippen LogP contribution in [0.5, 0.6) is 0 Å². The van der Waals surface area contributed by atoms with Gasteiger partial charge < -0.3 is 5.32 Å². The second kappa shape index (κ2) is 8.31. The smallest absolute Gasteiger partial charge is 0.329 e. The molecule has 118 valence electrons. The summed E-state index contributed by atoms with van der Waals surface area (Å²) in [6.45, 7) is 0.264. The highest BCUT2D eigenvalue weighted by molar-refractivity contribution is 6.36. The number of benzene rings is 2. The number of hydrazone groups is 1. The van der Waals surface area contributed by atoms with Crippen LogP contribution in [-0.2, 0) is 16.1 Å². The Balaban J connectivity index is 1.84. The fraction of sp³-hybridized carbons (Fsp3) is 0.0625. The number of carbonyl (C=O) groups excluding carboxylic acids is 2. The summed E-state index contributed by atoms with van der Waals surface area (Å²) in [5, 5.41) is 7.08. The first kappa shape index (κ1) is 17.0. The zero-order chi connectivity index (χ0) is 16.7. The van der Waals surface area contributed by atoms with E-state index < -0.39 is 11.8 Å². The zero-order valence-corrected chi connectivity index (χ0v) is 13.4. The summed E-state index contributed by atoms with van der Waals surface area (Å²) >= 11 is 11.7. The third-order valence-electron chi connectivity index (χ3n) is 2.83. The summed E-state index contributed by atoms with van der Waals surface area (Å²) in [6.07, 6.45) is 1.33. The van der Waals surface area contributed by atoms with Crippen molar-refractivity contribution >= 4 is 41.2 Å². The second-order valence-corrected chi connectivity index (χ2v) is 5.38. The Labute approximate surface area is 143 Å². The number of hydrogen-bond acceptors (Lipinski definition) is 3. The molecule has 0 aliphatic rings. The summed E-state index contributed by atoms with van der Waals surface area (Å²) < 4.78 is 0. The maximum Gasteiger partial charge on any atom is 0.329 e. The molecule has 0 saturated carbocycles. The molecule has 0 heterocycles. The van der Waals surface area contributed by atoms with Gasteiger partial charge in [-0.3, -0.25) is 9.59 Å². The first-order valence-electron chi connectivity index (χ1n) is 6.66. The fourth-order valence-corrected chi connectivity index (χ4v) is 2.13. The molecule has 23 heavy (non-hydrogen) atoms. The number of halogens is 2. The Hall–Kier alpha value is -2.37. The van der Waals surface area contributed by atoms with Gasteiger partial charge in [0.05, 0.1) is 11.2 Å². The summed E-state index contributed by atoms with van der Waals surface area (Å²) in [6, 6.07) is 14.1. The minimum Gasteiger partial charge on any atom is -0.344 e. The first-order chi connectivity index (χ1) is 11.1. The monoisotopic (exact) mass is 349 g/mol. The average Bonchev–Trinajstić information content (AvgIpc) is 2.55. The SMILES string of the molecule is O=C(NCc1ccccc1)C(=O)N/N=C\c1ccc(Cl)cc1Cl. The zero-order valence-electron chi connectivity index (χ0n) is 11.9. The summed E-state index contributed by atoms with van der Waals surface area (Å²) in [7, 11) is 0. The lowest BCUT2D eigenvalue weighted by molar-refractivity contribution is -0.139. The Morgan fingerprint density at radius 2 is 1.78 bits per heavy atom. The van der Waals surface area contributed by atoms with Crippen molar-refractivity contribution in [3.05, 3.63) is 69.7 Å². The molecule has 0 aliphatic carbocycles. The van der Waals surface area contributed by atoms with Crippen LogP contribution in [0.3, 0.4) is 0 Å². The largest absolute Gasteiger partial charge is 0.344 e. The van der Waals surface area contributed by atoms with Gasteiger partial charge in [0, 0.05) is 17.1 Å². The molecule has 5 nitrogen and oxygen atoms in total. The van der Waals surface area contributed by atoms with Gasteiger partial charge in [-0.25, -0.2) is 5.43 Å². The molecule has 7 heteroatoms. The standard InChI is InChI=1S/C16H13Cl2N3O2/c17-13-7-6-12(14(18)8-13)10-20-21-16(23)15(22)19-9-11-4-2-1-3-5-11/h1-8,10H,9H2,(H,19,22)(H,21,23)/b20-10-. The minimum atomic E-state index is -0.859. The van der Waals surface area contributed by atoms with Gasteiger partial charge in [-0.15, -0.1) is 0 Å². The van der Waals surface area contributed by atoms with E-state index in [1.807, 2.05) is 30.3 Å². The van der Waals surface area contributed by atoms with Crippen LogP contribution in [0.15, 0.2) is 53.6 Å². The van der Waals surface area contributed by atoms with Crippen molar-refractivity contribution in [3.8, 4) is 0 Å². The van der Waals surface area contributed by atoms with E-state index in [1.54, 1.807) is 18.2 Å². The predicted molar refractivity (Wildman–Crippen MR) is 90.5 cm³/mol. The highest BCUT2D eigenvalue weighted by atomic mass is 35.5. The normalized spacial score (nSPS) is 10.5. The summed E-state index contributed by atoms with van der Waals surface area (Å²) in [5.41, 5.74) is 3.60. The molecule has 0 aromatic heterocycles. The van der Waals surface area contributed by atoms with E-state index in [2.05, 4.69) is 15.8 Å². The van der Waals surface area contributed by atoms with Gasteiger partial charge in [-0.1, -0.05) is 59.6 Å². The van der Waals surface area contributed by atoms with Crippen molar-refractivity contribution in [1.82, 2.24) is 10.7 Å². The van der Waals surface area contributed by atoms with Crippen molar-refractivity contribution in [3.63, 3.8) is 0 Å². The number of hydrogen-bond donors (Lipinski definition) is 2. The quantitative estimate of drug-likeness (QED) is 0.506. The number of rotatable bonds is 4. The van der Waals surface area contributed by atoms with Crippen LogP contribution in [0, 0.1) is 0 Å². The van der Waals surface area contributed by atoms with Gasteiger partial charge in [0.1, 0.15) is 0 Å². The molecular weight excluding hydrogens is 337 g/mol. The van der Waals surface area contributed by atoms with Crippen LogP contribution in [-0.4, -0.2) is 18.0 Å². The van der Waals surface area contributed by atoms with Crippen molar-refractivity contribution in [2.75, 3.05) is 0 Å². The molecule has 2 N–H and O–H groups in total. The fourth-order valence-electron chi connectivity index (χ4n) is 1.68. The van der Waals surface area contributed by atoms with Crippen LogP contribution in [0.4, 0.5) is 0 Å². The van der Waals surface area contributed by atoms with Crippen molar-refractivity contribution < 1.29 is 9.59 Å². The summed E-state index contributed by atoms with van der Waals surface area (Å²) in [5.74, 6) is -1.63. The highest BCUT2D eigenvalue weighted by Gasteiger charge is 2.11. The Kier molecular flexibility index (Phi) is 6.14. The van der Waals surface area contributed by atoms with Gasteiger partial charge in [-0.2, -0.15) is 5.10 Å². The molecule has 0 bridgehead atoms. The van der Waals surface area contributed by atoms with E-state index in [-0.39, 0.29) is 6.54 Å². The van der Waals surface area contributed by atoms with Gasteiger partial charge >= 0.3 is 11.8 Å². The molecule has 2 amide bonds. The highest BCUT2D eigenvalue weighted by Crippen LogP contribution is 2.19. The van der Waals surface area contributed by atoms with Crippen LogP contribution >= 0.6 is 23.2 Å². The van der Waals surface area contributed by atoms with E-state index >= 15 is 0 Å². The first-order valence-corrected chi connectivity index (χ1v) is 7.42. The van der Waals surface area contributed by atoms with E-state index in [0.29, 0.717) is 15.6 Å². The lowest BCUT2D eigenvalue weighted by atomic mass is 10.2. The molecule has 0 saturated heterocycles. The lowest BCUT2D eigenvalue weighted by Gasteiger charge is -2.04. The second-order valence-electron chi connectivity index (χ2n) is 4.53. The Bertz CT molecular complexity index is 733. The summed E-state index contributed by atoms with van der Waals surface area (Å²) in [4.78, 5) is 23.2. The average molecular weight is 350 g/mol. The number of carbonyl (C=O) groups is 2. The molecule has 0 unspecified atom stereocenters. The molecular formula is C16H13Cl2N3O2. The van der Waals surface area contributed by atoms with Crippen LogP contribution < -0.4 is 10.7 Å². The van der Waals surface area contributed by atoms with Crippen LogP contribution in [0.1, 0.15) is 11.1 Å². The number of nitrogens with one attached hydrogen (secondary N) is 2. The molecule has 2 aromatic rings. The Morgan fingerprint density at radius 3 is 2.48 bits per heavy atom. The van der Waals surface area contributed by atoms with Gasteiger partial charge in [0.2, 0.25) is 0 Å². The molecule has 0 spiro atoms. The molecule has 0 radical (unpaired) electrons. The minimum absolute atomic E-state index is 0.264. The predicted octanol–water partition coefficient (Wildman–Crippen LogP) is 2.76. The number of nitrogens with zero attached hydrogens (tertiary/aromatic N) is 1. The maximum atomic E-state index is 11.6. The molecule has 2 aromatic carbocycles. The molecule has 0 aliphatic heterocycles. The van der Waals surface area contributed by atoms with E-state index in [0.717, 1.165) is 5.56 Å². The molecule has 0 fully saturated rings. The van der Waals surface area contributed by atoms with Gasteiger partial charge in [-0.05, 0) is 17.7 Å². The third kappa shape index (κ3) is 5.39. The lowest BCUT2D eigenvalue weighted by Crippen LogP contribution is -2.37. The van der Waals surface area contributed by atoms with Crippen molar-refractivity contribution in [2.45, 2.75) is 6.54 Å². The van der Waals surface area contributed by atoms with Crippen molar-refractivity contribution in [1.29, 1.82) is 0 Å². The van der Waals surface area contributed by atoms with E-state index in [1.165, 1.54) is 6.21 Å².